The predicted molar refractivity (Wildman–Crippen MR) is 90.2 cm³/mol. The lowest BCUT2D eigenvalue weighted by atomic mass is 10.00. The van der Waals surface area contributed by atoms with Crippen LogP contribution in [-0.4, -0.2) is 24.0 Å². The third kappa shape index (κ3) is 4.82. The van der Waals surface area contributed by atoms with Crippen LogP contribution in [0.25, 0.3) is 0 Å². The Balaban J connectivity index is 1.84. The zero-order chi connectivity index (χ0) is 17.6. The fourth-order valence-corrected chi connectivity index (χ4v) is 3.01. The minimum Gasteiger partial charge on any atom is -0.452 e. The highest BCUT2D eigenvalue weighted by Crippen LogP contribution is 2.28. The first kappa shape index (κ1) is 18.0. The van der Waals surface area contributed by atoms with Crippen LogP contribution in [0.3, 0.4) is 0 Å². The molecule has 0 heterocycles. The monoisotopic (exact) mass is 328 g/mol. The van der Waals surface area contributed by atoms with E-state index in [1.54, 1.807) is 12.1 Å². The molecule has 1 aliphatic rings. The van der Waals surface area contributed by atoms with Crippen LogP contribution >= 0.6 is 0 Å². The zero-order valence-corrected chi connectivity index (χ0v) is 14.3. The summed E-state index contributed by atoms with van der Waals surface area (Å²) in [4.78, 5) is 23.9. The molecule has 0 aromatic heterocycles. The molecule has 1 saturated carbocycles. The number of esters is 1. The number of ether oxygens (including phenoxy) is 1. The maximum absolute atomic E-state index is 12.0. The van der Waals surface area contributed by atoms with Crippen molar-refractivity contribution < 1.29 is 14.3 Å². The van der Waals surface area contributed by atoms with Gasteiger partial charge in [-0.15, -0.1) is 0 Å². The van der Waals surface area contributed by atoms with Crippen molar-refractivity contribution >= 4 is 11.9 Å². The summed E-state index contributed by atoms with van der Waals surface area (Å²) in [7, 11) is 0. The van der Waals surface area contributed by atoms with Crippen molar-refractivity contribution in [3.8, 4) is 6.07 Å². The molecular formula is C19H24N2O3. The molecule has 1 fully saturated rings. The first-order valence-electron chi connectivity index (χ1n) is 8.42. The van der Waals surface area contributed by atoms with E-state index >= 15 is 0 Å². The first-order valence-corrected chi connectivity index (χ1v) is 8.42. The van der Waals surface area contributed by atoms with Crippen LogP contribution < -0.4 is 5.32 Å². The highest BCUT2D eigenvalue weighted by molar-refractivity contribution is 5.91. The predicted octanol–water partition coefficient (Wildman–Crippen LogP) is 2.99. The average molecular weight is 328 g/mol. The van der Waals surface area contributed by atoms with Crippen LogP contribution in [0.15, 0.2) is 24.3 Å². The minimum absolute atomic E-state index is 0.365. The minimum atomic E-state index is -0.790. The first-order chi connectivity index (χ1) is 11.4. The Bertz CT molecular complexity index is 623. The number of amides is 1. The Morgan fingerprint density at radius 1 is 1.25 bits per heavy atom. The molecule has 2 rings (SSSR count). The number of carbonyl (C=O) groups excluding carboxylic acids is 2. The Morgan fingerprint density at radius 3 is 2.42 bits per heavy atom. The van der Waals surface area contributed by atoms with Crippen molar-refractivity contribution in [1.29, 1.82) is 5.26 Å². The van der Waals surface area contributed by atoms with E-state index < -0.39 is 17.4 Å². The van der Waals surface area contributed by atoms with Crippen LogP contribution in [0.1, 0.15) is 55.5 Å². The third-order valence-corrected chi connectivity index (χ3v) is 4.22. The van der Waals surface area contributed by atoms with E-state index in [1.165, 1.54) is 0 Å². The summed E-state index contributed by atoms with van der Waals surface area (Å²) in [5.41, 5.74) is 0.796. The van der Waals surface area contributed by atoms with Gasteiger partial charge in [0.15, 0.2) is 6.61 Å². The molecule has 0 bridgehead atoms. The number of nitrogens with zero attached hydrogens (tertiary/aromatic N) is 1. The summed E-state index contributed by atoms with van der Waals surface area (Å²) >= 11 is 0. The smallest absolute Gasteiger partial charge is 0.338 e. The van der Waals surface area contributed by atoms with Gasteiger partial charge >= 0.3 is 5.97 Å². The Kier molecular flexibility index (Phi) is 5.97. The van der Waals surface area contributed by atoms with Crippen molar-refractivity contribution in [2.24, 2.45) is 5.92 Å². The van der Waals surface area contributed by atoms with Gasteiger partial charge in [0, 0.05) is 0 Å². The summed E-state index contributed by atoms with van der Waals surface area (Å²) < 4.78 is 5.05. The van der Waals surface area contributed by atoms with Gasteiger partial charge in [0.05, 0.1) is 11.6 Å². The van der Waals surface area contributed by atoms with Gasteiger partial charge in [-0.05, 0) is 55.7 Å². The molecule has 0 unspecified atom stereocenters. The molecule has 5 heteroatoms. The summed E-state index contributed by atoms with van der Waals surface area (Å²) in [5.74, 6) is -0.406. The van der Waals surface area contributed by atoms with E-state index in [0.29, 0.717) is 24.3 Å². The summed E-state index contributed by atoms with van der Waals surface area (Å²) in [6.07, 6.45) is 4.11. The fraction of sp³-hybridized carbons (Fsp3) is 0.526. The Morgan fingerprint density at radius 2 is 1.88 bits per heavy atom. The van der Waals surface area contributed by atoms with Crippen molar-refractivity contribution in [3.63, 3.8) is 0 Å². The van der Waals surface area contributed by atoms with Crippen LogP contribution in [0, 0.1) is 17.2 Å². The molecule has 5 nitrogen and oxygen atoms in total. The van der Waals surface area contributed by atoms with E-state index in [-0.39, 0.29) is 6.61 Å². The number of nitriles is 1. The third-order valence-electron chi connectivity index (χ3n) is 4.22. The number of hydrogen-bond donors (Lipinski definition) is 1. The maximum atomic E-state index is 12.0. The second-order valence-electron chi connectivity index (χ2n) is 6.82. The molecule has 0 aliphatic heterocycles. The Hall–Kier alpha value is -2.35. The standard InChI is InChI=1S/C19H24N2O3/c1-14(2)11-15-5-7-16(8-6-15)18(23)24-12-17(22)21-19(13-20)9-3-4-10-19/h5-8,14H,3-4,9-12H2,1-2H3,(H,21,22). The van der Waals surface area contributed by atoms with Crippen LogP contribution in [0.2, 0.25) is 0 Å². The van der Waals surface area contributed by atoms with Crippen LogP contribution in [0.4, 0.5) is 0 Å². The van der Waals surface area contributed by atoms with Crippen LogP contribution in [-0.2, 0) is 16.0 Å². The van der Waals surface area contributed by atoms with Crippen LogP contribution in [0.5, 0.6) is 0 Å². The van der Waals surface area contributed by atoms with E-state index in [0.717, 1.165) is 24.8 Å². The number of nitrogens with one attached hydrogen (secondary N) is 1. The SMILES string of the molecule is CC(C)Cc1ccc(C(=O)OCC(=O)NC2(C#N)CCCC2)cc1. The van der Waals surface area contributed by atoms with Gasteiger partial charge in [-0.3, -0.25) is 4.79 Å². The van der Waals surface area contributed by atoms with Gasteiger partial charge in [0.2, 0.25) is 0 Å². The molecule has 1 aliphatic carbocycles. The Labute approximate surface area is 143 Å². The second kappa shape index (κ2) is 7.96. The quantitative estimate of drug-likeness (QED) is 0.814. The van der Waals surface area contributed by atoms with Crippen molar-refractivity contribution in [2.75, 3.05) is 6.61 Å². The molecule has 0 radical (unpaired) electrons. The van der Waals surface area contributed by atoms with Crippen molar-refractivity contribution in [3.05, 3.63) is 35.4 Å². The number of benzene rings is 1. The van der Waals surface area contributed by atoms with E-state index in [1.807, 2.05) is 12.1 Å². The number of rotatable bonds is 6. The summed E-state index contributed by atoms with van der Waals surface area (Å²) in [6.45, 7) is 3.91. The highest BCUT2D eigenvalue weighted by Gasteiger charge is 2.35. The second-order valence-corrected chi connectivity index (χ2v) is 6.82. The molecule has 1 N–H and O–H groups in total. The molecule has 24 heavy (non-hydrogen) atoms. The van der Waals surface area contributed by atoms with Gasteiger partial charge in [-0.1, -0.05) is 26.0 Å². The number of hydrogen-bond acceptors (Lipinski definition) is 4. The maximum Gasteiger partial charge on any atom is 0.338 e. The molecule has 0 saturated heterocycles. The molecule has 128 valence electrons. The van der Waals surface area contributed by atoms with Gasteiger partial charge in [-0.2, -0.15) is 5.26 Å². The summed E-state index contributed by atoms with van der Waals surface area (Å²) in [5, 5.41) is 11.9. The number of carbonyl (C=O) groups is 2. The van der Waals surface area contributed by atoms with Gasteiger partial charge in [0.1, 0.15) is 5.54 Å². The van der Waals surface area contributed by atoms with E-state index in [4.69, 9.17) is 4.74 Å². The van der Waals surface area contributed by atoms with E-state index in [2.05, 4.69) is 25.2 Å². The van der Waals surface area contributed by atoms with Crippen molar-refractivity contribution in [1.82, 2.24) is 5.32 Å². The topological polar surface area (TPSA) is 79.2 Å². The lowest BCUT2D eigenvalue weighted by Gasteiger charge is -2.21. The molecule has 1 aromatic rings. The van der Waals surface area contributed by atoms with Gasteiger partial charge in [0.25, 0.3) is 5.91 Å². The van der Waals surface area contributed by atoms with Crippen molar-refractivity contribution in [2.45, 2.75) is 51.5 Å². The molecule has 0 atom stereocenters. The lowest BCUT2D eigenvalue weighted by Crippen LogP contribution is -2.46. The molecular weight excluding hydrogens is 304 g/mol. The van der Waals surface area contributed by atoms with E-state index in [9.17, 15) is 14.9 Å². The van der Waals surface area contributed by atoms with Gasteiger partial charge < -0.3 is 10.1 Å². The molecule has 0 spiro atoms. The molecule has 1 amide bonds. The lowest BCUT2D eigenvalue weighted by molar-refractivity contribution is -0.125. The molecule has 1 aromatic carbocycles. The zero-order valence-electron chi connectivity index (χ0n) is 14.3. The fourth-order valence-electron chi connectivity index (χ4n) is 3.01. The average Bonchev–Trinajstić information content (AvgIpc) is 3.02. The summed E-state index contributed by atoms with van der Waals surface area (Å²) in [6, 6.07) is 9.41. The highest BCUT2D eigenvalue weighted by atomic mass is 16.5. The van der Waals surface area contributed by atoms with Gasteiger partial charge in [-0.25, -0.2) is 4.79 Å². The normalized spacial score (nSPS) is 15.8. The largest absolute Gasteiger partial charge is 0.452 e.